The van der Waals surface area contributed by atoms with Crippen molar-refractivity contribution in [3.05, 3.63) is 35.4 Å². The number of rotatable bonds is 7. The van der Waals surface area contributed by atoms with Gasteiger partial charge in [0.1, 0.15) is 0 Å². The molecule has 0 aromatic heterocycles. The van der Waals surface area contributed by atoms with Crippen LogP contribution in [0.15, 0.2) is 24.3 Å². The van der Waals surface area contributed by atoms with Crippen LogP contribution in [-0.4, -0.2) is 33.7 Å². The highest BCUT2D eigenvalue weighted by Gasteiger charge is 2.03. The maximum atomic E-state index is 11.5. The second kappa shape index (κ2) is 7.25. The second-order valence-corrected chi connectivity index (χ2v) is 6.34. The number of hydrogen-bond acceptors (Lipinski definition) is 3. The Morgan fingerprint density at radius 3 is 2.37 bits per heavy atom. The molecule has 0 bridgehead atoms. The molecule has 0 fully saturated rings. The number of sulfonamides is 1. The van der Waals surface area contributed by atoms with Gasteiger partial charge in [-0.3, -0.25) is 4.79 Å². The van der Waals surface area contributed by atoms with Crippen LogP contribution in [0.1, 0.15) is 17.5 Å². The van der Waals surface area contributed by atoms with Crippen molar-refractivity contribution in [2.75, 3.05) is 19.3 Å². The Morgan fingerprint density at radius 1 is 1.16 bits per heavy atom. The van der Waals surface area contributed by atoms with Crippen LogP contribution in [-0.2, 0) is 21.2 Å². The Balaban J connectivity index is 2.19. The Hall–Kier alpha value is -1.40. The molecule has 6 heteroatoms. The lowest BCUT2D eigenvalue weighted by atomic mass is 10.1. The van der Waals surface area contributed by atoms with Crippen molar-refractivity contribution < 1.29 is 13.2 Å². The van der Waals surface area contributed by atoms with Crippen molar-refractivity contribution >= 4 is 15.9 Å². The van der Waals surface area contributed by atoms with E-state index in [4.69, 9.17) is 0 Å². The minimum atomic E-state index is -3.18. The molecule has 0 aliphatic rings. The third-order valence-corrected chi connectivity index (χ3v) is 3.30. The standard InChI is InChI=1S/C13H20N2O3S/c1-11-3-5-12(6-4-11)7-8-13(16)14-9-10-15-19(2,17)18/h3-6,15H,7-10H2,1-2H3,(H,14,16). The van der Waals surface area contributed by atoms with E-state index in [9.17, 15) is 13.2 Å². The second-order valence-electron chi connectivity index (χ2n) is 4.50. The van der Waals surface area contributed by atoms with Crippen LogP contribution in [0.4, 0.5) is 0 Å². The summed E-state index contributed by atoms with van der Waals surface area (Å²) in [6, 6.07) is 8.05. The van der Waals surface area contributed by atoms with Crippen LogP contribution >= 0.6 is 0 Å². The predicted molar refractivity (Wildman–Crippen MR) is 75.4 cm³/mol. The van der Waals surface area contributed by atoms with E-state index in [-0.39, 0.29) is 12.5 Å². The van der Waals surface area contributed by atoms with E-state index in [1.165, 1.54) is 5.56 Å². The van der Waals surface area contributed by atoms with Crippen molar-refractivity contribution in [2.24, 2.45) is 0 Å². The minimum absolute atomic E-state index is 0.0733. The van der Waals surface area contributed by atoms with Gasteiger partial charge in [0.05, 0.1) is 6.26 Å². The number of carbonyl (C=O) groups is 1. The lowest BCUT2D eigenvalue weighted by Crippen LogP contribution is -2.34. The SMILES string of the molecule is Cc1ccc(CCC(=O)NCCNS(C)(=O)=O)cc1. The zero-order valence-corrected chi connectivity index (χ0v) is 12.1. The summed E-state index contributed by atoms with van der Waals surface area (Å²) < 4.78 is 23.9. The van der Waals surface area contributed by atoms with Crippen LogP contribution in [0, 0.1) is 6.92 Å². The zero-order valence-electron chi connectivity index (χ0n) is 11.3. The summed E-state index contributed by atoms with van der Waals surface area (Å²) >= 11 is 0. The maximum Gasteiger partial charge on any atom is 0.220 e. The van der Waals surface area contributed by atoms with Crippen molar-refractivity contribution in [1.82, 2.24) is 10.0 Å². The van der Waals surface area contributed by atoms with E-state index in [2.05, 4.69) is 10.0 Å². The molecule has 0 heterocycles. The molecule has 0 atom stereocenters. The van der Waals surface area contributed by atoms with E-state index in [0.717, 1.165) is 11.8 Å². The normalized spacial score (nSPS) is 11.3. The lowest BCUT2D eigenvalue weighted by Gasteiger charge is -2.06. The number of carbonyl (C=O) groups excluding carboxylic acids is 1. The highest BCUT2D eigenvalue weighted by molar-refractivity contribution is 7.88. The molecule has 106 valence electrons. The number of nitrogens with one attached hydrogen (secondary N) is 2. The largest absolute Gasteiger partial charge is 0.355 e. The molecule has 1 aromatic carbocycles. The first kappa shape index (κ1) is 15.7. The van der Waals surface area contributed by atoms with E-state index in [1.807, 2.05) is 31.2 Å². The monoisotopic (exact) mass is 284 g/mol. The first-order chi connectivity index (χ1) is 8.87. The van der Waals surface area contributed by atoms with Gasteiger partial charge in [0.25, 0.3) is 0 Å². The number of hydrogen-bond donors (Lipinski definition) is 2. The van der Waals surface area contributed by atoms with Gasteiger partial charge in [0.15, 0.2) is 0 Å². The Morgan fingerprint density at radius 2 is 1.79 bits per heavy atom. The summed E-state index contributed by atoms with van der Waals surface area (Å²) in [6.45, 7) is 2.54. The van der Waals surface area contributed by atoms with Gasteiger partial charge >= 0.3 is 0 Å². The highest BCUT2D eigenvalue weighted by Crippen LogP contribution is 2.05. The number of benzene rings is 1. The predicted octanol–water partition coefficient (Wildman–Crippen LogP) is 0.593. The molecule has 19 heavy (non-hydrogen) atoms. The third kappa shape index (κ3) is 7.58. The van der Waals surface area contributed by atoms with Crippen LogP contribution in [0.5, 0.6) is 0 Å². The van der Waals surface area contributed by atoms with E-state index in [0.29, 0.717) is 19.4 Å². The summed E-state index contributed by atoms with van der Waals surface area (Å²) in [5.74, 6) is -0.0733. The number of amides is 1. The molecule has 0 aliphatic carbocycles. The highest BCUT2D eigenvalue weighted by atomic mass is 32.2. The Kier molecular flexibility index (Phi) is 5.98. The lowest BCUT2D eigenvalue weighted by molar-refractivity contribution is -0.121. The van der Waals surface area contributed by atoms with Gasteiger partial charge < -0.3 is 5.32 Å². The topological polar surface area (TPSA) is 75.3 Å². The van der Waals surface area contributed by atoms with Crippen LogP contribution in [0.25, 0.3) is 0 Å². The summed E-state index contributed by atoms with van der Waals surface area (Å²) in [4.78, 5) is 11.5. The average molecular weight is 284 g/mol. The molecule has 1 aromatic rings. The fourth-order valence-corrected chi connectivity index (χ4v) is 2.01. The molecule has 0 spiro atoms. The minimum Gasteiger partial charge on any atom is -0.355 e. The summed E-state index contributed by atoms with van der Waals surface area (Å²) in [5.41, 5.74) is 2.31. The maximum absolute atomic E-state index is 11.5. The van der Waals surface area contributed by atoms with Crippen molar-refractivity contribution in [2.45, 2.75) is 19.8 Å². The van der Waals surface area contributed by atoms with Crippen molar-refractivity contribution in [3.8, 4) is 0 Å². The number of aryl methyl sites for hydroxylation is 2. The molecule has 2 N–H and O–H groups in total. The van der Waals surface area contributed by atoms with Crippen LogP contribution < -0.4 is 10.0 Å². The van der Waals surface area contributed by atoms with Gasteiger partial charge in [0.2, 0.25) is 15.9 Å². The molecule has 0 saturated heterocycles. The molecule has 5 nitrogen and oxygen atoms in total. The Bertz CT molecular complexity index is 509. The van der Waals surface area contributed by atoms with Crippen molar-refractivity contribution in [3.63, 3.8) is 0 Å². The summed E-state index contributed by atoms with van der Waals surface area (Å²) in [7, 11) is -3.18. The third-order valence-electron chi connectivity index (χ3n) is 2.57. The molecular weight excluding hydrogens is 264 g/mol. The smallest absolute Gasteiger partial charge is 0.220 e. The molecular formula is C13H20N2O3S. The van der Waals surface area contributed by atoms with E-state index in [1.54, 1.807) is 0 Å². The van der Waals surface area contributed by atoms with Gasteiger partial charge in [-0.15, -0.1) is 0 Å². The summed E-state index contributed by atoms with van der Waals surface area (Å²) in [5, 5.41) is 2.67. The van der Waals surface area contributed by atoms with Gasteiger partial charge in [-0.05, 0) is 18.9 Å². The zero-order chi connectivity index (χ0) is 14.3. The fraction of sp³-hybridized carbons (Fsp3) is 0.462. The van der Waals surface area contributed by atoms with Gasteiger partial charge in [0, 0.05) is 19.5 Å². The van der Waals surface area contributed by atoms with E-state index >= 15 is 0 Å². The Labute approximate surface area is 114 Å². The van der Waals surface area contributed by atoms with Crippen LogP contribution in [0.3, 0.4) is 0 Å². The van der Waals surface area contributed by atoms with Gasteiger partial charge in [-0.2, -0.15) is 0 Å². The molecule has 0 aliphatic heterocycles. The first-order valence-corrected chi connectivity index (χ1v) is 8.03. The molecule has 0 unspecified atom stereocenters. The molecule has 1 amide bonds. The van der Waals surface area contributed by atoms with Gasteiger partial charge in [-0.1, -0.05) is 29.8 Å². The fourth-order valence-electron chi connectivity index (χ4n) is 1.54. The van der Waals surface area contributed by atoms with Crippen LogP contribution in [0.2, 0.25) is 0 Å². The molecule has 0 radical (unpaired) electrons. The first-order valence-electron chi connectivity index (χ1n) is 6.14. The molecule has 0 saturated carbocycles. The average Bonchev–Trinajstić information content (AvgIpc) is 2.33. The quantitative estimate of drug-likeness (QED) is 0.720. The van der Waals surface area contributed by atoms with Gasteiger partial charge in [-0.25, -0.2) is 13.1 Å². The summed E-state index contributed by atoms with van der Waals surface area (Å²) in [6.07, 6.45) is 2.18. The molecule has 1 rings (SSSR count). The van der Waals surface area contributed by atoms with Crippen molar-refractivity contribution in [1.29, 1.82) is 0 Å². The van der Waals surface area contributed by atoms with E-state index < -0.39 is 10.0 Å².